The van der Waals surface area contributed by atoms with Gasteiger partial charge in [0.1, 0.15) is 0 Å². The highest BCUT2D eigenvalue weighted by molar-refractivity contribution is 7.25. The minimum Gasteiger partial charge on any atom is -0.309 e. The van der Waals surface area contributed by atoms with Gasteiger partial charge < -0.3 is 4.57 Å². The van der Waals surface area contributed by atoms with Crippen LogP contribution in [0.4, 0.5) is 0 Å². The minimum atomic E-state index is 1.20. The molecule has 0 saturated heterocycles. The summed E-state index contributed by atoms with van der Waals surface area (Å²) in [5, 5.41) is 13.2. The molecule has 8 aromatic carbocycles. The van der Waals surface area contributed by atoms with Gasteiger partial charge in [-0.05, 0) is 79.5 Å². The van der Waals surface area contributed by atoms with E-state index < -0.39 is 0 Å². The Balaban J connectivity index is 1.43. The van der Waals surface area contributed by atoms with Gasteiger partial charge in [-0.3, -0.25) is 0 Å². The van der Waals surface area contributed by atoms with Crippen molar-refractivity contribution in [3.05, 3.63) is 140 Å². The second kappa shape index (κ2) is 8.13. The highest BCUT2D eigenvalue weighted by Gasteiger charge is 2.27. The van der Waals surface area contributed by atoms with E-state index in [1.807, 2.05) is 11.3 Å². The van der Waals surface area contributed by atoms with E-state index in [9.17, 15) is 0 Å². The number of aromatic nitrogens is 1. The van der Waals surface area contributed by atoms with Gasteiger partial charge in [-0.15, -0.1) is 11.3 Å². The van der Waals surface area contributed by atoms with Crippen LogP contribution in [0.3, 0.4) is 0 Å². The van der Waals surface area contributed by atoms with Crippen LogP contribution >= 0.6 is 11.3 Å². The van der Waals surface area contributed by atoms with Crippen molar-refractivity contribution in [3.63, 3.8) is 0 Å². The molecule has 2 aromatic heterocycles. The molecule has 1 aliphatic rings. The zero-order chi connectivity index (χ0) is 28.5. The highest BCUT2D eigenvalue weighted by Crippen LogP contribution is 2.53. The molecule has 0 fully saturated rings. The summed E-state index contributed by atoms with van der Waals surface area (Å²) in [7, 11) is 0. The molecule has 10 aromatic rings. The van der Waals surface area contributed by atoms with Crippen LogP contribution in [0.15, 0.2) is 140 Å². The molecule has 44 heavy (non-hydrogen) atoms. The zero-order valence-electron chi connectivity index (χ0n) is 23.6. The van der Waals surface area contributed by atoms with E-state index in [1.165, 1.54) is 102 Å². The van der Waals surface area contributed by atoms with Crippen molar-refractivity contribution in [1.82, 2.24) is 4.57 Å². The fourth-order valence-corrected chi connectivity index (χ4v) is 9.23. The van der Waals surface area contributed by atoms with E-state index in [4.69, 9.17) is 0 Å². The number of nitrogens with zero attached hydrogens (tertiary/aromatic N) is 1. The molecule has 2 heterocycles. The van der Waals surface area contributed by atoms with Crippen LogP contribution in [0, 0.1) is 0 Å². The third kappa shape index (κ3) is 2.75. The molecule has 0 unspecified atom stereocenters. The highest BCUT2D eigenvalue weighted by atomic mass is 32.1. The standard InChI is InChI=1S/C42H23NS/c1-2-13-28-26(11-1)30-17-9-18-33-39(30)35(28)23-36-40(33)41-31-15-5-3-10-25(31)27-12-4-6-16-32(27)42(41)43(36)24-20-21-38-34(22-24)29-14-7-8-19-37(29)44-38/h1-23H. The molecular formula is C42H23NS. The number of hydrogen-bond donors (Lipinski definition) is 0. The summed E-state index contributed by atoms with van der Waals surface area (Å²) in [5.41, 5.74) is 9.08. The van der Waals surface area contributed by atoms with Crippen molar-refractivity contribution in [3.8, 4) is 27.9 Å². The summed E-state index contributed by atoms with van der Waals surface area (Å²) >= 11 is 1.88. The summed E-state index contributed by atoms with van der Waals surface area (Å²) in [4.78, 5) is 0. The van der Waals surface area contributed by atoms with Crippen LogP contribution < -0.4 is 0 Å². The van der Waals surface area contributed by atoms with Crippen LogP contribution in [-0.4, -0.2) is 4.57 Å². The average Bonchev–Trinajstić information content (AvgIpc) is 3.74. The molecule has 0 bridgehead atoms. The second-order valence-electron chi connectivity index (χ2n) is 12.0. The van der Waals surface area contributed by atoms with E-state index in [2.05, 4.69) is 144 Å². The number of fused-ring (bicyclic) bond motifs is 15. The molecule has 0 radical (unpaired) electrons. The van der Waals surface area contributed by atoms with Crippen molar-refractivity contribution in [2.75, 3.05) is 0 Å². The van der Waals surface area contributed by atoms with Crippen molar-refractivity contribution in [1.29, 1.82) is 0 Å². The van der Waals surface area contributed by atoms with Gasteiger partial charge in [-0.2, -0.15) is 0 Å². The first kappa shape index (κ1) is 23.1. The first-order valence-corrected chi connectivity index (χ1v) is 16.0. The molecule has 0 amide bonds. The molecule has 11 rings (SSSR count). The maximum Gasteiger partial charge on any atom is 0.0626 e. The molecule has 0 aliphatic heterocycles. The van der Waals surface area contributed by atoms with Gasteiger partial charge in [-0.25, -0.2) is 0 Å². The summed E-state index contributed by atoms with van der Waals surface area (Å²) in [5.74, 6) is 0. The molecule has 1 nitrogen and oxygen atoms in total. The number of benzene rings is 8. The monoisotopic (exact) mass is 573 g/mol. The molecule has 2 heteroatoms. The van der Waals surface area contributed by atoms with Gasteiger partial charge in [0.25, 0.3) is 0 Å². The number of thiophene rings is 1. The fraction of sp³-hybridized carbons (Fsp3) is 0. The molecule has 0 saturated carbocycles. The lowest BCUT2D eigenvalue weighted by Gasteiger charge is -2.13. The predicted octanol–water partition coefficient (Wildman–Crippen LogP) is 12.3. The normalized spacial score (nSPS) is 12.5. The minimum absolute atomic E-state index is 1.20. The second-order valence-corrected chi connectivity index (χ2v) is 13.1. The lowest BCUT2D eigenvalue weighted by molar-refractivity contribution is 1.19. The van der Waals surface area contributed by atoms with Crippen molar-refractivity contribution in [2.45, 2.75) is 0 Å². The fourth-order valence-electron chi connectivity index (χ4n) is 8.15. The van der Waals surface area contributed by atoms with E-state index in [0.29, 0.717) is 0 Å². The van der Waals surface area contributed by atoms with Gasteiger partial charge >= 0.3 is 0 Å². The maximum absolute atomic E-state index is 2.56. The van der Waals surface area contributed by atoms with Crippen molar-refractivity contribution >= 4 is 85.6 Å². The first-order chi connectivity index (χ1) is 21.8. The van der Waals surface area contributed by atoms with E-state index in [1.54, 1.807) is 0 Å². The number of rotatable bonds is 1. The average molecular weight is 574 g/mol. The SMILES string of the molecule is c1ccc2c(c1)-c1cccc3c1c-2cc1c3c2c3ccccc3c3ccccc3c2n1-c1ccc2sc3ccccc3c2c1. The van der Waals surface area contributed by atoms with Gasteiger partial charge in [0.05, 0.1) is 11.0 Å². The largest absolute Gasteiger partial charge is 0.309 e. The molecule has 0 spiro atoms. The van der Waals surface area contributed by atoms with E-state index in [0.717, 1.165) is 0 Å². The smallest absolute Gasteiger partial charge is 0.0626 e. The third-order valence-corrected chi connectivity index (χ3v) is 11.0. The Hall–Kier alpha value is -5.44. The van der Waals surface area contributed by atoms with E-state index >= 15 is 0 Å². The van der Waals surface area contributed by atoms with Crippen molar-refractivity contribution in [2.24, 2.45) is 0 Å². The molecule has 0 N–H and O–H groups in total. The predicted molar refractivity (Wildman–Crippen MR) is 191 cm³/mol. The van der Waals surface area contributed by atoms with E-state index in [-0.39, 0.29) is 0 Å². The molecule has 0 atom stereocenters. The van der Waals surface area contributed by atoms with Crippen LogP contribution in [0.2, 0.25) is 0 Å². The Morgan fingerprint density at radius 1 is 0.364 bits per heavy atom. The summed E-state index contributed by atoms with van der Waals surface area (Å²) in [6.07, 6.45) is 0. The quantitative estimate of drug-likeness (QED) is 0.172. The van der Waals surface area contributed by atoms with Crippen LogP contribution in [0.1, 0.15) is 0 Å². The summed E-state index contributed by atoms with van der Waals surface area (Å²) in [6.45, 7) is 0. The van der Waals surface area contributed by atoms with Crippen LogP contribution in [0.5, 0.6) is 0 Å². The molecular weight excluding hydrogens is 551 g/mol. The van der Waals surface area contributed by atoms with Gasteiger partial charge in [0, 0.05) is 42.0 Å². The van der Waals surface area contributed by atoms with Gasteiger partial charge in [0.15, 0.2) is 0 Å². The van der Waals surface area contributed by atoms with Gasteiger partial charge in [0.2, 0.25) is 0 Å². The molecule has 1 aliphatic carbocycles. The van der Waals surface area contributed by atoms with Crippen molar-refractivity contribution < 1.29 is 0 Å². The lowest BCUT2D eigenvalue weighted by atomic mass is 9.94. The number of hydrogen-bond acceptors (Lipinski definition) is 1. The Morgan fingerprint density at radius 2 is 0.977 bits per heavy atom. The van der Waals surface area contributed by atoms with Crippen LogP contribution in [0.25, 0.3) is 102 Å². The lowest BCUT2D eigenvalue weighted by Crippen LogP contribution is -1.95. The van der Waals surface area contributed by atoms with Gasteiger partial charge in [-0.1, -0.05) is 109 Å². The zero-order valence-corrected chi connectivity index (χ0v) is 24.5. The Bertz CT molecular complexity index is 2880. The first-order valence-electron chi connectivity index (χ1n) is 15.2. The molecule has 202 valence electrons. The third-order valence-electron chi connectivity index (χ3n) is 9.89. The Kier molecular flexibility index (Phi) is 4.26. The maximum atomic E-state index is 2.56. The summed E-state index contributed by atoms with van der Waals surface area (Å²) < 4.78 is 5.23. The van der Waals surface area contributed by atoms with Crippen LogP contribution in [-0.2, 0) is 0 Å². The topological polar surface area (TPSA) is 4.93 Å². The Labute approximate surface area is 256 Å². The Morgan fingerprint density at radius 3 is 1.82 bits per heavy atom. The summed E-state index contributed by atoms with van der Waals surface area (Å²) in [6, 6.07) is 52.1.